The number of rotatable bonds is 6. The molecule has 2 N–H and O–H groups in total. The molecule has 12 heteroatoms. The van der Waals surface area contributed by atoms with Crippen molar-refractivity contribution in [3.63, 3.8) is 0 Å². The molecular weight excluding hydrogens is 452 g/mol. The minimum atomic E-state index is -3.81. The summed E-state index contributed by atoms with van der Waals surface area (Å²) in [6.45, 7) is 1.08. The third-order valence-corrected chi connectivity index (χ3v) is 5.30. The molecule has 1 unspecified atom stereocenters. The Balaban J connectivity index is 1.55. The molecule has 31 heavy (non-hydrogen) atoms. The maximum Gasteiger partial charge on any atom is 0.487 e. The van der Waals surface area contributed by atoms with Crippen molar-refractivity contribution in [2.45, 2.75) is 18.1 Å². The first-order valence-corrected chi connectivity index (χ1v) is 10.3. The molecule has 1 saturated heterocycles. The number of aliphatic hydroxyl groups excluding tert-OH is 1. The number of hydrogen-bond acceptors (Lipinski definition) is 8. The van der Waals surface area contributed by atoms with Crippen molar-refractivity contribution in [1.82, 2.24) is 14.3 Å². The van der Waals surface area contributed by atoms with Crippen LogP contribution in [0.15, 0.2) is 42.9 Å². The maximum atomic E-state index is 12.7. The van der Waals surface area contributed by atoms with E-state index in [1.807, 2.05) is 4.90 Å². The number of nitrogens with zero attached hydrogens (tertiary/aromatic N) is 4. The van der Waals surface area contributed by atoms with Crippen LogP contribution in [0.3, 0.4) is 0 Å². The first-order chi connectivity index (χ1) is 14.8. The lowest BCUT2D eigenvalue weighted by atomic mass is 10.1. The van der Waals surface area contributed by atoms with Gasteiger partial charge >= 0.3 is 5.57 Å². The Hall–Kier alpha value is -2.89. The molecule has 3 aromatic rings. The molecule has 0 radical (unpaired) electrons. The number of hydrogen-bond donors (Lipinski definition) is 2. The van der Waals surface area contributed by atoms with Crippen LogP contribution in [0.2, 0.25) is 0 Å². The maximum absolute atomic E-state index is 12.7. The Kier molecular flexibility index (Phi) is 5.99. The third kappa shape index (κ3) is 5.24. The van der Waals surface area contributed by atoms with Gasteiger partial charge in [0.15, 0.2) is 0 Å². The lowest BCUT2D eigenvalue weighted by Gasteiger charge is -2.19. The van der Waals surface area contributed by atoms with Crippen LogP contribution in [0, 0.1) is 0 Å². The van der Waals surface area contributed by atoms with E-state index in [1.165, 1.54) is 48.3 Å². The number of aromatic nitrogens is 3. The number of nitrogens with one attached hydrogen (secondary N) is 1. The van der Waals surface area contributed by atoms with Gasteiger partial charge in [0.05, 0.1) is 17.2 Å². The number of alkyl halides is 3. The Labute approximate surface area is 184 Å². The van der Waals surface area contributed by atoms with Crippen LogP contribution in [0.1, 0.15) is 16.8 Å². The number of β-amino-alcohol motifs (C(OH)–C–C–N with tert-alkyl or cyclic N) is 1. The van der Waals surface area contributed by atoms with E-state index in [0.29, 0.717) is 41.6 Å². The van der Waals surface area contributed by atoms with Crippen LogP contribution < -0.4 is 15.0 Å². The van der Waals surface area contributed by atoms with Gasteiger partial charge in [-0.3, -0.25) is 4.79 Å². The number of halogens is 3. The molecule has 2 aromatic heterocycles. The predicted octanol–water partition coefficient (Wildman–Crippen LogP) is 3.59. The molecule has 1 amide bonds. The summed E-state index contributed by atoms with van der Waals surface area (Å²) in [4.78, 5) is 23.3. The standard InChI is InChI=1S/C19H16ClF2N5O3S/c20-19(21,22)30-14-3-1-12(2-4-14)26-17(29)11-7-15(18-24-10-25-31-18)16(23-8-11)27-6-5-13(28)9-27/h1-4,7-8,10,13,28H,5-6,9H2,(H,26,29). The minimum Gasteiger partial charge on any atom is -0.420 e. The van der Waals surface area contributed by atoms with Crippen molar-refractivity contribution in [1.29, 1.82) is 0 Å². The second-order valence-electron chi connectivity index (χ2n) is 6.76. The zero-order chi connectivity index (χ0) is 22.0. The first-order valence-electron chi connectivity index (χ1n) is 9.16. The molecule has 1 aromatic carbocycles. The lowest BCUT2D eigenvalue weighted by Crippen LogP contribution is -2.23. The van der Waals surface area contributed by atoms with Crippen molar-refractivity contribution in [2.24, 2.45) is 0 Å². The summed E-state index contributed by atoms with van der Waals surface area (Å²) in [5.74, 6) is 0.0337. The molecule has 0 bridgehead atoms. The van der Waals surface area contributed by atoms with E-state index in [4.69, 9.17) is 11.6 Å². The highest BCUT2D eigenvalue weighted by Gasteiger charge is 2.28. The summed E-state index contributed by atoms with van der Waals surface area (Å²) < 4.78 is 33.7. The zero-order valence-electron chi connectivity index (χ0n) is 15.8. The van der Waals surface area contributed by atoms with Gasteiger partial charge in [-0.2, -0.15) is 4.37 Å². The van der Waals surface area contributed by atoms with Gasteiger partial charge in [0.2, 0.25) is 0 Å². The fourth-order valence-corrected chi connectivity index (χ4v) is 3.79. The van der Waals surface area contributed by atoms with E-state index in [0.717, 1.165) is 0 Å². The highest BCUT2D eigenvalue weighted by atomic mass is 35.5. The normalized spacial score (nSPS) is 16.4. The van der Waals surface area contributed by atoms with Crippen LogP contribution in [0.25, 0.3) is 10.6 Å². The molecule has 0 saturated carbocycles. The Bertz CT molecular complexity index is 1060. The summed E-state index contributed by atoms with van der Waals surface area (Å²) in [5, 5.41) is 13.1. The van der Waals surface area contributed by atoms with Crippen molar-refractivity contribution >= 4 is 40.5 Å². The monoisotopic (exact) mass is 467 g/mol. The zero-order valence-corrected chi connectivity index (χ0v) is 17.4. The van der Waals surface area contributed by atoms with E-state index in [2.05, 4.69) is 24.4 Å². The van der Waals surface area contributed by atoms with Crippen molar-refractivity contribution in [3.8, 4) is 16.3 Å². The quantitative estimate of drug-likeness (QED) is 0.534. The third-order valence-electron chi connectivity index (χ3n) is 4.53. The van der Waals surface area contributed by atoms with E-state index in [9.17, 15) is 18.7 Å². The number of carbonyl (C=O) groups excluding carboxylic acids is 1. The fraction of sp³-hybridized carbons (Fsp3) is 0.263. The smallest absolute Gasteiger partial charge is 0.420 e. The summed E-state index contributed by atoms with van der Waals surface area (Å²) in [5.41, 5.74) is -2.52. The highest BCUT2D eigenvalue weighted by molar-refractivity contribution is 7.09. The number of benzene rings is 1. The molecule has 162 valence electrons. The minimum absolute atomic E-state index is 0.143. The van der Waals surface area contributed by atoms with Gasteiger partial charge in [-0.05, 0) is 48.3 Å². The van der Waals surface area contributed by atoms with Crippen LogP contribution >= 0.6 is 23.1 Å². The van der Waals surface area contributed by atoms with Crippen LogP contribution in [0.5, 0.6) is 5.75 Å². The van der Waals surface area contributed by atoms with Gasteiger partial charge in [-0.15, -0.1) is 8.78 Å². The van der Waals surface area contributed by atoms with Gasteiger partial charge in [0.1, 0.15) is 22.9 Å². The molecule has 3 heterocycles. The summed E-state index contributed by atoms with van der Waals surface area (Å²) in [6, 6.07) is 7.01. The Morgan fingerprint density at radius 1 is 1.32 bits per heavy atom. The van der Waals surface area contributed by atoms with Crippen molar-refractivity contribution in [2.75, 3.05) is 23.3 Å². The molecule has 0 aliphatic carbocycles. The lowest BCUT2D eigenvalue weighted by molar-refractivity contribution is -0.0964. The molecule has 1 atom stereocenters. The number of aliphatic hydroxyl groups is 1. The second-order valence-corrected chi connectivity index (χ2v) is 7.98. The van der Waals surface area contributed by atoms with Gasteiger partial charge in [0.25, 0.3) is 5.91 Å². The van der Waals surface area contributed by atoms with E-state index >= 15 is 0 Å². The number of amides is 1. The molecular formula is C19H16ClF2N5O3S. The SMILES string of the molecule is O=C(Nc1ccc(OC(F)(F)Cl)cc1)c1cnc(N2CCC(O)C2)c(-c2ncns2)c1. The van der Waals surface area contributed by atoms with Gasteiger partial charge in [-0.1, -0.05) is 0 Å². The largest absolute Gasteiger partial charge is 0.487 e. The topological polar surface area (TPSA) is 100 Å². The molecule has 4 rings (SSSR count). The number of pyridine rings is 1. The fourth-order valence-electron chi connectivity index (χ4n) is 3.16. The molecule has 1 fully saturated rings. The summed E-state index contributed by atoms with van der Waals surface area (Å²) in [6.07, 6.45) is 3.06. The Morgan fingerprint density at radius 3 is 2.71 bits per heavy atom. The predicted molar refractivity (Wildman–Crippen MR) is 112 cm³/mol. The molecule has 0 spiro atoms. The molecule has 1 aliphatic heterocycles. The summed E-state index contributed by atoms with van der Waals surface area (Å²) in [7, 11) is 0. The summed E-state index contributed by atoms with van der Waals surface area (Å²) >= 11 is 5.91. The number of ether oxygens (including phenoxy) is 1. The Morgan fingerprint density at radius 2 is 2.10 bits per heavy atom. The molecule has 1 aliphatic rings. The van der Waals surface area contributed by atoms with Gasteiger partial charge in [0, 0.05) is 36.6 Å². The van der Waals surface area contributed by atoms with Crippen molar-refractivity contribution in [3.05, 3.63) is 48.4 Å². The van der Waals surface area contributed by atoms with E-state index in [1.54, 1.807) is 6.07 Å². The van der Waals surface area contributed by atoms with Crippen molar-refractivity contribution < 1.29 is 23.4 Å². The van der Waals surface area contributed by atoms with Gasteiger partial charge in [-0.25, -0.2) is 9.97 Å². The molecule has 8 nitrogen and oxygen atoms in total. The van der Waals surface area contributed by atoms with Crippen LogP contribution in [-0.4, -0.2) is 50.1 Å². The van der Waals surface area contributed by atoms with Crippen LogP contribution in [-0.2, 0) is 0 Å². The van der Waals surface area contributed by atoms with Gasteiger partial charge < -0.3 is 20.1 Å². The second kappa shape index (κ2) is 8.69. The number of carbonyl (C=O) groups is 1. The van der Waals surface area contributed by atoms with E-state index < -0.39 is 17.6 Å². The average Bonchev–Trinajstić information content (AvgIpc) is 3.40. The average molecular weight is 468 g/mol. The number of anilines is 2. The highest BCUT2D eigenvalue weighted by Crippen LogP contribution is 2.33. The van der Waals surface area contributed by atoms with E-state index in [-0.39, 0.29) is 11.3 Å². The first kappa shape index (κ1) is 21.3. The van der Waals surface area contributed by atoms with Crippen LogP contribution in [0.4, 0.5) is 20.3 Å².